The molecule has 166 valence electrons. The Kier molecular flexibility index (Phi) is 7.07. The highest BCUT2D eigenvalue weighted by Gasteiger charge is 2.26. The van der Waals surface area contributed by atoms with Gasteiger partial charge in [0.05, 0.1) is 19.2 Å². The second-order valence-corrected chi connectivity index (χ2v) is 8.11. The van der Waals surface area contributed by atoms with Crippen molar-refractivity contribution in [3.05, 3.63) is 71.6 Å². The maximum absolute atomic E-state index is 12.7. The molecule has 0 radical (unpaired) electrons. The maximum Gasteiger partial charge on any atom is 0.337 e. The van der Waals surface area contributed by atoms with Gasteiger partial charge in [-0.3, -0.25) is 9.69 Å². The smallest absolute Gasteiger partial charge is 0.337 e. The summed E-state index contributed by atoms with van der Waals surface area (Å²) in [5, 5.41) is 4.07. The van der Waals surface area contributed by atoms with Crippen LogP contribution in [0.25, 0.3) is 11.4 Å². The third-order valence-corrected chi connectivity index (χ3v) is 5.85. The summed E-state index contributed by atoms with van der Waals surface area (Å²) < 4.78 is 10.2. The Hall–Kier alpha value is -3.32. The molecular formula is C25H27N3O4. The minimum absolute atomic E-state index is 0.0562. The van der Waals surface area contributed by atoms with E-state index in [0.717, 1.165) is 37.9 Å². The molecule has 7 nitrogen and oxygen atoms in total. The van der Waals surface area contributed by atoms with Crippen LogP contribution < -0.4 is 0 Å². The number of Topliss-reactive ketones (excluding diaryl/α,β-unsaturated/α-hetero) is 1. The minimum Gasteiger partial charge on any atom is -0.465 e. The van der Waals surface area contributed by atoms with E-state index in [0.29, 0.717) is 36.0 Å². The Balaban J connectivity index is 1.32. The molecule has 3 aromatic rings. The number of rotatable bonds is 8. The lowest BCUT2D eigenvalue weighted by atomic mass is 9.90. The first-order valence-corrected chi connectivity index (χ1v) is 10.9. The number of ketones is 1. The van der Waals surface area contributed by atoms with E-state index in [9.17, 15) is 9.59 Å². The topological polar surface area (TPSA) is 85.5 Å². The van der Waals surface area contributed by atoms with Crippen LogP contribution in [0.2, 0.25) is 0 Å². The molecule has 0 unspecified atom stereocenters. The fraction of sp³-hybridized carbons (Fsp3) is 0.360. The lowest BCUT2D eigenvalue weighted by Crippen LogP contribution is -2.38. The van der Waals surface area contributed by atoms with E-state index in [1.807, 2.05) is 18.2 Å². The Bertz CT molecular complexity index is 1050. The number of carbonyl (C=O) groups excluding carboxylic acids is 2. The van der Waals surface area contributed by atoms with Crippen molar-refractivity contribution < 1.29 is 18.8 Å². The minimum atomic E-state index is -0.386. The molecule has 32 heavy (non-hydrogen) atoms. The number of hydrogen-bond donors (Lipinski definition) is 0. The summed E-state index contributed by atoms with van der Waals surface area (Å²) in [6.45, 7) is 2.16. The zero-order valence-corrected chi connectivity index (χ0v) is 18.2. The molecule has 1 fully saturated rings. The Morgan fingerprint density at radius 1 is 1.12 bits per heavy atom. The van der Waals surface area contributed by atoms with Gasteiger partial charge >= 0.3 is 5.97 Å². The quantitative estimate of drug-likeness (QED) is 0.498. The fourth-order valence-electron chi connectivity index (χ4n) is 4.08. The maximum atomic E-state index is 12.7. The average Bonchev–Trinajstić information content (AvgIpc) is 3.31. The van der Waals surface area contributed by atoms with Gasteiger partial charge in [-0.1, -0.05) is 47.6 Å². The number of methoxy groups -OCH3 is 1. The molecule has 0 N–H and O–H groups in total. The van der Waals surface area contributed by atoms with Crippen molar-refractivity contribution in [3.63, 3.8) is 0 Å². The van der Waals surface area contributed by atoms with Crippen LogP contribution in [0.1, 0.15) is 41.1 Å². The van der Waals surface area contributed by atoms with Crippen molar-refractivity contribution in [2.24, 2.45) is 5.92 Å². The predicted octanol–water partition coefficient (Wildman–Crippen LogP) is 3.94. The molecule has 2 heterocycles. The third-order valence-electron chi connectivity index (χ3n) is 5.85. The highest BCUT2D eigenvalue weighted by Crippen LogP contribution is 2.22. The largest absolute Gasteiger partial charge is 0.465 e. The van der Waals surface area contributed by atoms with Crippen molar-refractivity contribution in [1.82, 2.24) is 15.0 Å². The first kappa shape index (κ1) is 21.9. The molecule has 1 atom stereocenters. The van der Waals surface area contributed by atoms with Crippen LogP contribution in [0.15, 0.2) is 59.1 Å². The number of likely N-dealkylation sites (tertiary alicyclic amines) is 1. The van der Waals surface area contributed by atoms with Crippen LogP contribution in [-0.4, -0.2) is 47.0 Å². The molecule has 7 heteroatoms. The first-order chi connectivity index (χ1) is 15.6. The number of aromatic nitrogens is 2. The highest BCUT2D eigenvalue weighted by molar-refractivity contribution is 5.89. The van der Waals surface area contributed by atoms with Gasteiger partial charge in [0.25, 0.3) is 0 Å². The Morgan fingerprint density at radius 3 is 2.66 bits per heavy atom. The SMILES string of the molecule is COC(=O)c1ccc(-c2noc(CN3CCC[C@@H](C(=O)CCc4ccccc4)C3)n2)cc1. The van der Waals surface area contributed by atoms with Gasteiger partial charge in [0.2, 0.25) is 11.7 Å². The fourth-order valence-corrected chi connectivity index (χ4v) is 4.08. The van der Waals surface area contributed by atoms with Gasteiger partial charge < -0.3 is 9.26 Å². The van der Waals surface area contributed by atoms with E-state index in [1.54, 1.807) is 24.3 Å². The van der Waals surface area contributed by atoms with Crippen molar-refractivity contribution in [2.45, 2.75) is 32.2 Å². The van der Waals surface area contributed by atoms with E-state index in [2.05, 4.69) is 27.2 Å². The van der Waals surface area contributed by atoms with Gasteiger partial charge in [0.1, 0.15) is 5.78 Å². The number of carbonyl (C=O) groups is 2. The van der Waals surface area contributed by atoms with E-state index < -0.39 is 0 Å². The molecule has 0 bridgehead atoms. The van der Waals surface area contributed by atoms with Crippen molar-refractivity contribution in [3.8, 4) is 11.4 Å². The molecule has 0 aliphatic carbocycles. The van der Waals surface area contributed by atoms with Crippen molar-refractivity contribution in [2.75, 3.05) is 20.2 Å². The number of ether oxygens (including phenoxy) is 1. The van der Waals surface area contributed by atoms with E-state index in [1.165, 1.54) is 12.7 Å². The number of esters is 1. The lowest BCUT2D eigenvalue weighted by molar-refractivity contribution is -0.124. The average molecular weight is 434 g/mol. The van der Waals surface area contributed by atoms with Crippen molar-refractivity contribution >= 4 is 11.8 Å². The second-order valence-electron chi connectivity index (χ2n) is 8.11. The van der Waals surface area contributed by atoms with Gasteiger partial charge in [-0.15, -0.1) is 0 Å². The monoisotopic (exact) mass is 433 g/mol. The van der Waals surface area contributed by atoms with Crippen LogP contribution in [-0.2, 0) is 22.5 Å². The second kappa shape index (κ2) is 10.3. The van der Waals surface area contributed by atoms with Gasteiger partial charge in [0, 0.05) is 24.4 Å². The van der Waals surface area contributed by atoms with Crippen LogP contribution in [0.3, 0.4) is 0 Å². The van der Waals surface area contributed by atoms with E-state index in [4.69, 9.17) is 9.26 Å². The zero-order valence-electron chi connectivity index (χ0n) is 18.2. The van der Waals surface area contributed by atoms with Crippen LogP contribution in [0, 0.1) is 5.92 Å². The summed E-state index contributed by atoms with van der Waals surface area (Å²) in [6.07, 6.45) is 3.29. The summed E-state index contributed by atoms with van der Waals surface area (Å²) in [5.41, 5.74) is 2.43. The van der Waals surface area contributed by atoms with E-state index >= 15 is 0 Å². The lowest BCUT2D eigenvalue weighted by Gasteiger charge is -2.30. The molecule has 1 aliphatic rings. The van der Waals surface area contributed by atoms with Crippen LogP contribution in [0.5, 0.6) is 0 Å². The molecule has 2 aromatic carbocycles. The number of aryl methyl sites for hydroxylation is 1. The molecular weight excluding hydrogens is 406 g/mol. The molecule has 1 aromatic heterocycles. The van der Waals surface area contributed by atoms with Gasteiger partial charge in [-0.2, -0.15) is 4.98 Å². The number of hydrogen-bond acceptors (Lipinski definition) is 7. The summed E-state index contributed by atoms with van der Waals surface area (Å²) >= 11 is 0. The molecule has 1 aliphatic heterocycles. The summed E-state index contributed by atoms with van der Waals surface area (Å²) in [5.74, 6) is 0.998. The standard InChI is InChI=1S/C25H27N3O4/c1-31-25(30)20-12-10-19(11-13-20)24-26-23(32-27-24)17-28-15-5-8-21(16-28)22(29)14-9-18-6-3-2-4-7-18/h2-4,6-7,10-13,21H,5,8-9,14-17H2,1H3/t21-/m1/s1. The first-order valence-electron chi connectivity index (χ1n) is 10.9. The number of piperidine rings is 1. The summed E-state index contributed by atoms with van der Waals surface area (Å²) in [6, 6.07) is 17.0. The van der Waals surface area contributed by atoms with Gasteiger partial charge in [0.15, 0.2) is 0 Å². The van der Waals surface area contributed by atoms with Crippen LogP contribution in [0.4, 0.5) is 0 Å². The van der Waals surface area contributed by atoms with E-state index in [-0.39, 0.29) is 11.9 Å². The third kappa shape index (κ3) is 5.48. The molecule has 0 saturated carbocycles. The van der Waals surface area contributed by atoms with Gasteiger partial charge in [-0.25, -0.2) is 4.79 Å². The zero-order chi connectivity index (χ0) is 22.3. The Labute approximate surface area is 187 Å². The van der Waals surface area contributed by atoms with Gasteiger partial charge in [-0.05, 0) is 43.5 Å². The Morgan fingerprint density at radius 2 is 1.91 bits per heavy atom. The normalized spacial score (nSPS) is 16.6. The molecule has 4 rings (SSSR count). The number of nitrogens with zero attached hydrogens (tertiary/aromatic N) is 3. The number of benzene rings is 2. The predicted molar refractivity (Wildman–Crippen MR) is 119 cm³/mol. The molecule has 0 spiro atoms. The van der Waals surface area contributed by atoms with Crippen molar-refractivity contribution in [1.29, 1.82) is 0 Å². The van der Waals surface area contributed by atoms with Crippen LogP contribution >= 0.6 is 0 Å². The molecule has 0 amide bonds. The molecule has 1 saturated heterocycles. The summed E-state index contributed by atoms with van der Waals surface area (Å²) in [7, 11) is 1.35. The highest BCUT2D eigenvalue weighted by atomic mass is 16.5. The summed E-state index contributed by atoms with van der Waals surface area (Å²) in [4.78, 5) is 31.0.